The first-order valence-corrected chi connectivity index (χ1v) is 11.8. The van der Waals surface area contributed by atoms with Gasteiger partial charge in [0.25, 0.3) is 0 Å². The van der Waals surface area contributed by atoms with Gasteiger partial charge >= 0.3 is 0 Å². The molecule has 4 fully saturated rings. The number of fused-ring (bicyclic) bond motifs is 2. The minimum atomic E-state index is -0.758. The molecule has 1 spiro atoms. The van der Waals surface area contributed by atoms with Crippen molar-refractivity contribution >= 4 is 17.1 Å². The molecule has 0 radical (unpaired) electrons. The lowest BCUT2D eigenvalue weighted by Gasteiger charge is -2.57. The van der Waals surface area contributed by atoms with Crippen LogP contribution in [0.1, 0.15) is 51.5 Å². The minimum absolute atomic E-state index is 0.208. The Labute approximate surface area is 180 Å². The Bertz CT molecular complexity index is 1000. The van der Waals surface area contributed by atoms with Crippen LogP contribution >= 0.6 is 11.3 Å². The Hall–Kier alpha value is -1.73. The molecule has 7 rings (SSSR count). The van der Waals surface area contributed by atoms with Gasteiger partial charge in [-0.1, -0.05) is 37.3 Å². The van der Waals surface area contributed by atoms with Crippen LogP contribution in [0.25, 0.3) is 17.0 Å². The van der Waals surface area contributed by atoms with Gasteiger partial charge < -0.3 is 9.47 Å². The van der Waals surface area contributed by atoms with Gasteiger partial charge in [-0.3, -0.25) is 0 Å². The molecule has 3 saturated heterocycles. The highest BCUT2D eigenvalue weighted by Gasteiger charge is 2.68. The lowest BCUT2D eigenvalue weighted by Crippen LogP contribution is -2.66. The van der Waals surface area contributed by atoms with E-state index in [-0.39, 0.29) is 5.92 Å². The monoisotopic (exact) mass is 425 g/mol. The largest absolute Gasteiger partial charge is 0.458 e. The van der Waals surface area contributed by atoms with Gasteiger partial charge in [-0.25, -0.2) is 14.8 Å². The lowest BCUT2D eigenvalue weighted by molar-refractivity contribution is -0.553. The van der Waals surface area contributed by atoms with E-state index >= 15 is 0 Å². The first-order valence-electron chi connectivity index (χ1n) is 10.9. The van der Waals surface area contributed by atoms with E-state index in [9.17, 15) is 0 Å². The highest BCUT2D eigenvalue weighted by molar-refractivity contribution is 7.11. The van der Waals surface area contributed by atoms with E-state index < -0.39 is 17.7 Å². The van der Waals surface area contributed by atoms with E-state index in [0.29, 0.717) is 11.8 Å². The second-order valence-corrected chi connectivity index (χ2v) is 10.2. The smallest absolute Gasteiger partial charge is 0.236 e. The van der Waals surface area contributed by atoms with Crippen molar-refractivity contribution in [2.75, 3.05) is 0 Å². The summed E-state index contributed by atoms with van der Waals surface area (Å²) in [5.74, 6) is 1.22. The first kappa shape index (κ1) is 19.0. The maximum atomic E-state index is 6.59. The van der Waals surface area contributed by atoms with Crippen LogP contribution in [0.2, 0.25) is 0 Å². The fourth-order valence-electron chi connectivity index (χ4n) is 5.95. The molecule has 6 atom stereocenters. The molecule has 5 heterocycles. The molecule has 30 heavy (non-hydrogen) atoms. The van der Waals surface area contributed by atoms with E-state index in [0.717, 1.165) is 41.3 Å². The average Bonchev–Trinajstić information content (AvgIpc) is 3.13. The minimum Gasteiger partial charge on any atom is -0.458 e. The van der Waals surface area contributed by atoms with Gasteiger partial charge in [0.1, 0.15) is 0 Å². The first-order chi connectivity index (χ1) is 14.5. The quantitative estimate of drug-likeness (QED) is 0.570. The molecule has 5 aliphatic rings. The van der Waals surface area contributed by atoms with E-state index in [2.05, 4.69) is 31.4 Å². The molecule has 2 bridgehead atoms. The maximum absolute atomic E-state index is 6.59. The van der Waals surface area contributed by atoms with Crippen molar-refractivity contribution in [3.8, 4) is 11.3 Å². The summed E-state index contributed by atoms with van der Waals surface area (Å²) in [6.45, 7) is 6.46. The molecule has 2 aromatic rings. The zero-order valence-corrected chi connectivity index (χ0v) is 18.4. The van der Waals surface area contributed by atoms with Gasteiger partial charge in [0.15, 0.2) is 16.4 Å². The summed E-state index contributed by atoms with van der Waals surface area (Å²) in [7, 11) is 0. The van der Waals surface area contributed by atoms with Gasteiger partial charge in [-0.05, 0) is 44.6 Å². The van der Waals surface area contributed by atoms with Gasteiger partial charge in [0, 0.05) is 29.2 Å². The van der Waals surface area contributed by atoms with Crippen molar-refractivity contribution in [3.05, 3.63) is 46.3 Å². The molecule has 158 valence electrons. The summed E-state index contributed by atoms with van der Waals surface area (Å²) in [6, 6.07) is 10.3. The molecular formula is C24H27NO4S. The number of benzene rings is 1. The van der Waals surface area contributed by atoms with Crippen LogP contribution in [0.4, 0.5) is 0 Å². The molecule has 4 aliphatic heterocycles. The highest BCUT2D eigenvalue weighted by Crippen LogP contribution is 2.61. The maximum Gasteiger partial charge on any atom is 0.236 e. The zero-order chi connectivity index (χ0) is 20.5. The third-order valence-electron chi connectivity index (χ3n) is 7.59. The van der Waals surface area contributed by atoms with Crippen LogP contribution in [0.15, 0.2) is 41.3 Å². The van der Waals surface area contributed by atoms with E-state index in [1.165, 1.54) is 12.0 Å². The van der Waals surface area contributed by atoms with Crippen molar-refractivity contribution in [2.45, 2.75) is 64.1 Å². The molecule has 1 aliphatic carbocycles. The predicted octanol–water partition coefficient (Wildman–Crippen LogP) is 5.79. The summed E-state index contributed by atoms with van der Waals surface area (Å²) >= 11 is 1.63. The summed E-state index contributed by atoms with van der Waals surface area (Å²) in [4.78, 5) is 17.0. The van der Waals surface area contributed by atoms with Crippen LogP contribution in [-0.4, -0.2) is 22.7 Å². The molecule has 1 aromatic heterocycles. The zero-order valence-electron chi connectivity index (χ0n) is 17.6. The lowest BCUT2D eigenvalue weighted by atomic mass is 9.59. The van der Waals surface area contributed by atoms with Crippen LogP contribution in [0.5, 0.6) is 0 Å². The standard InChI is InChI=1S/C24H27NO4S/c1-14-9-10-18-15(2)20(21-25-19(13-30-21)16-7-5-4-6-8-16)26-22-24(18)17(14)11-12-23(3,27-22)28-29-24/h4-8,13-14,17-18,22H,9-12H2,1-3H3/t14-,17+,18+,22-,23-,24-/m1/s1. The van der Waals surface area contributed by atoms with Gasteiger partial charge in [0.2, 0.25) is 12.1 Å². The number of aromatic nitrogens is 1. The fourth-order valence-corrected chi connectivity index (χ4v) is 6.83. The van der Waals surface area contributed by atoms with Crippen molar-refractivity contribution in [1.29, 1.82) is 0 Å². The Morgan fingerprint density at radius 1 is 1.10 bits per heavy atom. The van der Waals surface area contributed by atoms with Crippen molar-refractivity contribution in [2.24, 2.45) is 17.8 Å². The van der Waals surface area contributed by atoms with E-state index in [4.69, 9.17) is 24.2 Å². The van der Waals surface area contributed by atoms with Crippen molar-refractivity contribution in [1.82, 2.24) is 4.98 Å². The normalized spacial score (nSPS) is 40.0. The fraction of sp³-hybridized carbons (Fsp3) is 0.542. The molecule has 1 saturated carbocycles. The van der Waals surface area contributed by atoms with E-state index in [1.54, 1.807) is 11.3 Å². The summed E-state index contributed by atoms with van der Waals surface area (Å²) in [5, 5.41) is 3.01. The topological polar surface area (TPSA) is 49.8 Å². The average molecular weight is 426 g/mol. The number of ether oxygens (including phenoxy) is 2. The van der Waals surface area contributed by atoms with Crippen LogP contribution in [-0.2, 0) is 19.2 Å². The summed E-state index contributed by atoms with van der Waals surface area (Å²) < 4.78 is 13.0. The third kappa shape index (κ3) is 2.60. The number of thiazole rings is 1. The third-order valence-corrected chi connectivity index (χ3v) is 8.43. The SMILES string of the molecule is CC1=C(c2nc(-c3ccccc3)cs2)O[C@@H]2O[C@@]3(C)CC[C@H]4[C@H](C)CC[C@@H]1[C@@]24OO3. The summed E-state index contributed by atoms with van der Waals surface area (Å²) in [5.41, 5.74) is 2.73. The number of hydrogen-bond acceptors (Lipinski definition) is 6. The Morgan fingerprint density at radius 3 is 2.77 bits per heavy atom. The van der Waals surface area contributed by atoms with E-state index in [1.807, 2.05) is 25.1 Å². The van der Waals surface area contributed by atoms with Crippen LogP contribution in [0.3, 0.4) is 0 Å². The van der Waals surface area contributed by atoms with Crippen molar-refractivity contribution in [3.63, 3.8) is 0 Å². The number of nitrogens with zero attached hydrogens (tertiary/aromatic N) is 1. The van der Waals surface area contributed by atoms with Gasteiger partial charge in [-0.2, -0.15) is 0 Å². The molecule has 0 amide bonds. The van der Waals surface area contributed by atoms with Gasteiger partial charge in [-0.15, -0.1) is 11.3 Å². The Kier molecular flexibility index (Phi) is 4.20. The molecular weight excluding hydrogens is 398 g/mol. The number of rotatable bonds is 2. The van der Waals surface area contributed by atoms with Gasteiger partial charge in [0.05, 0.1) is 5.69 Å². The second-order valence-electron chi connectivity index (χ2n) is 9.39. The van der Waals surface area contributed by atoms with Crippen LogP contribution in [0, 0.1) is 17.8 Å². The second kappa shape index (κ2) is 6.63. The molecule has 0 unspecified atom stereocenters. The molecule has 5 nitrogen and oxygen atoms in total. The summed E-state index contributed by atoms with van der Waals surface area (Å²) in [6.07, 6.45) is 3.61. The Morgan fingerprint density at radius 2 is 1.93 bits per heavy atom. The predicted molar refractivity (Wildman–Crippen MR) is 114 cm³/mol. The van der Waals surface area contributed by atoms with Crippen molar-refractivity contribution < 1.29 is 19.2 Å². The Balaban J connectivity index is 1.44. The molecule has 0 N–H and O–H groups in total. The highest BCUT2D eigenvalue weighted by atomic mass is 32.1. The van der Waals surface area contributed by atoms with Crippen LogP contribution < -0.4 is 0 Å². The molecule has 6 heteroatoms. The molecule has 1 aromatic carbocycles. The number of hydrogen-bond donors (Lipinski definition) is 0.